The van der Waals surface area contributed by atoms with Gasteiger partial charge in [0.1, 0.15) is 0 Å². The summed E-state index contributed by atoms with van der Waals surface area (Å²) >= 11 is 0. The van der Waals surface area contributed by atoms with Gasteiger partial charge in [-0.2, -0.15) is 0 Å². The van der Waals surface area contributed by atoms with Crippen molar-refractivity contribution in [3.05, 3.63) is 29.3 Å². The molecule has 0 aliphatic carbocycles. The van der Waals surface area contributed by atoms with Gasteiger partial charge in [-0.05, 0) is 37.5 Å². The van der Waals surface area contributed by atoms with Gasteiger partial charge in [0, 0.05) is 32.0 Å². The van der Waals surface area contributed by atoms with E-state index in [1.165, 1.54) is 5.56 Å². The number of aromatic carboxylic acids is 1. The molecule has 1 unspecified atom stereocenters. The molecule has 18 heavy (non-hydrogen) atoms. The van der Waals surface area contributed by atoms with Crippen molar-refractivity contribution in [2.24, 2.45) is 0 Å². The van der Waals surface area contributed by atoms with Gasteiger partial charge in [-0.3, -0.25) is 0 Å². The fraction of sp³-hybridized carbons (Fsp3) is 0.500. The molecule has 1 heterocycles. The molecular weight excluding hydrogens is 230 g/mol. The molecule has 0 amide bonds. The Bertz CT molecular complexity index is 445. The molecule has 0 fully saturated rings. The average Bonchev–Trinajstić information content (AvgIpc) is 2.78. The van der Waals surface area contributed by atoms with Crippen LogP contribution in [0.3, 0.4) is 0 Å². The van der Waals surface area contributed by atoms with Crippen LogP contribution in [0.1, 0.15) is 29.3 Å². The van der Waals surface area contributed by atoms with Crippen molar-refractivity contribution >= 4 is 11.7 Å². The van der Waals surface area contributed by atoms with Gasteiger partial charge in [0.15, 0.2) is 0 Å². The summed E-state index contributed by atoms with van der Waals surface area (Å²) in [6.07, 6.45) is 1.94. The van der Waals surface area contributed by atoms with Crippen LogP contribution in [-0.2, 0) is 11.2 Å². The number of benzene rings is 1. The topological polar surface area (TPSA) is 49.8 Å². The van der Waals surface area contributed by atoms with Crippen LogP contribution in [0, 0.1) is 0 Å². The number of carbonyl (C=O) groups is 1. The van der Waals surface area contributed by atoms with Crippen LogP contribution in [0.25, 0.3) is 0 Å². The average molecular weight is 249 g/mol. The number of ether oxygens (including phenoxy) is 1. The van der Waals surface area contributed by atoms with E-state index in [9.17, 15) is 4.79 Å². The first kappa shape index (κ1) is 12.9. The van der Waals surface area contributed by atoms with E-state index in [4.69, 9.17) is 9.84 Å². The summed E-state index contributed by atoms with van der Waals surface area (Å²) in [6.45, 7) is 3.84. The molecule has 1 N–H and O–H groups in total. The van der Waals surface area contributed by atoms with Crippen LogP contribution in [0.15, 0.2) is 18.2 Å². The highest BCUT2D eigenvalue weighted by atomic mass is 16.5. The number of methoxy groups -OCH3 is 1. The predicted octanol–water partition coefficient (Wildman–Crippen LogP) is 2.17. The van der Waals surface area contributed by atoms with E-state index >= 15 is 0 Å². The van der Waals surface area contributed by atoms with Gasteiger partial charge >= 0.3 is 5.97 Å². The van der Waals surface area contributed by atoms with Gasteiger partial charge in [-0.25, -0.2) is 4.79 Å². The second kappa shape index (κ2) is 5.40. The van der Waals surface area contributed by atoms with Crippen LogP contribution in [-0.4, -0.2) is 37.4 Å². The molecule has 1 atom stereocenters. The van der Waals surface area contributed by atoms with E-state index in [0.29, 0.717) is 11.6 Å². The summed E-state index contributed by atoms with van der Waals surface area (Å²) in [4.78, 5) is 13.3. The van der Waals surface area contributed by atoms with Crippen molar-refractivity contribution in [3.8, 4) is 0 Å². The largest absolute Gasteiger partial charge is 0.478 e. The van der Waals surface area contributed by atoms with Gasteiger partial charge in [0.2, 0.25) is 0 Å². The fourth-order valence-electron chi connectivity index (χ4n) is 2.44. The van der Waals surface area contributed by atoms with Gasteiger partial charge < -0.3 is 14.7 Å². The number of rotatable bonds is 5. The monoisotopic (exact) mass is 249 g/mol. The van der Waals surface area contributed by atoms with Crippen LogP contribution >= 0.6 is 0 Å². The number of fused-ring (bicyclic) bond motifs is 1. The molecule has 4 heteroatoms. The molecule has 1 aliphatic heterocycles. The van der Waals surface area contributed by atoms with Crippen LogP contribution in [0.5, 0.6) is 0 Å². The first-order valence-corrected chi connectivity index (χ1v) is 6.25. The minimum atomic E-state index is -0.866. The molecule has 98 valence electrons. The number of hydrogen-bond acceptors (Lipinski definition) is 3. The highest BCUT2D eigenvalue weighted by Gasteiger charge is 2.24. The second-order valence-corrected chi connectivity index (χ2v) is 4.72. The molecule has 0 radical (unpaired) electrons. The predicted molar refractivity (Wildman–Crippen MR) is 70.4 cm³/mol. The third-order valence-corrected chi connectivity index (χ3v) is 3.54. The maximum atomic E-state index is 11.0. The fourth-order valence-corrected chi connectivity index (χ4v) is 2.44. The molecular formula is C14H19NO3. The van der Waals surface area contributed by atoms with Crippen LogP contribution in [0.4, 0.5) is 5.69 Å². The molecule has 0 spiro atoms. The minimum absolute atomic E-state index is 0.361. The van der Waals surface area contributed by atoms with E-state index in [1.807, 2.05) is 6.07 Å². The third kappa shape index (κ3) is 2.48. The molecule has 0 aromatic heterocycles. The number of carboxylic acid groups (broad SMARTS) is 1. The van der Waals surface area contributed by atoms with Crippen molar-refractivity contribution in [3.63, 3.8) is 0 Å². The van der Waals surface area contributed by atoms with E-state index in [2.05, 4.69) is 11.8 Å². The van der Waals surface area contributed by atoms with E-state index < -0.39 is 5.97 Å². The molecule has 4 nitrogen and oxygen atoms in total. The van der Waals surface area contributed by atoms with E-state index in [1.54, 1.807) is 19.2 Å². The number of carboxylic acids is 1. The molecule has 0 saturated heterocycles. The molecule has 2 rings (SSSR count). The summed E-state index contributed by atoms with van der Waals surface area (Å²) in [7, 11) is 1.70. The Hall–Kier alpha value is -1.55. The SMILES string of the molecule is COCCC(C)N1CCc2ccc(C(=O)O)cc21. The molecule has 0 saturated carbocycles. The molecule has 1 aromatic rings. The molecule has 0 bridgehead atoms. The summed E-state index contributed by atoms with van der Waals surface area (Å²) < 4.78 is 5.10. The standard InChI is InChI=1S/C14H19NO3/c1-10(6-8-18-2)15-7-5-11-3-4-12(14(16)17)9-13(11)15/h3-4,9-10H,5-8H2,1-2H3,(H,16,17). The summed E-state index contributed by atoms with van der Waals surface area (Å²) in [5, 5.41) is 9.04. The lowest BCUT2D eigenvalue weighted by molar-refractivity contribution is 0.0697. The summed E-state index contributed by atoms with van der Waals surface area (Å²) in [5.74, 6) is -0.866. The lowest BCUT2D eigenvalue weighted by atomic mass is 10.1. The van der Waals surface area contributed by atoms with Crippen LogP contribution in [0.2, 0.25) is 0 Å². The van der Waals surface area contributed by atoms with Gasteiger partial charge in [0.05, 0.1) is 5.56 Å². The first-order valence-electron chi connectivity index (χ1n) is 6.25. The lowest BCUT2D eigenvalue weighted by Gasteiger charge is -2.27. The third-order valence-electron chi connectivity index (χ3n) is 3.54. The van der Waals surface area contributed by atoms with E-state index in [0.717, 1.165) is 31.7 Å². The lowest BCUT2D eigenvalue weighted by Crippen LogP contribution is -2.32. The highest BCUT2D eigenvalue weighted by molar-refractivity contribution is 5.89. The zero-order chi connectivity index (χ0) is 13.1. The Morgan fingerprint density at radius 3 is 3.00 bits per heavy atom. The quantitative estimate of drug-likeness (QED) is 0.869. The van der Waals surface area contributed by atoms with Gasteiger partial charge in [-0.1, -0.05) is 6.07 Å². The maximum absolute atomic E-state index is 11.0. The zero-order valence-electron chi connectivity index (χ0n) is 10.8. The van der Waals surface area contributed by atoms with Gasteiger partial charge in [0.25, 0.3) is 0 Å². The highest BCUT2D eigenvalue weighted by Crippen LogP contribution is 2.31. The molecule has 1 aliphatic rings. The number of hydrogen-bond donors (Lipinski definition) is 1. The minimum Gasteiger partial charge on any atom is -0.478 e. The molecule has 1 aromatic carbocycles. The smallest absolute Gasteiger partial charge is 0.335 e. The Morgan fingerprint density at radius 2 is 2.33 bits per heavy atom. The summed E-state index contributed by atoms with van der Waals surface area (Å²) in [5.41, 5.74) is 2.67. The van der Waals surface area contributed by atoms with Crippen molar-refractivity contribution in [2.75, 3.05) is 25.2 Å². The van der Waals surface area contributed by atoms with Gasteiger partial charge in [-0.15, -0.1) is 0 Å². The second-order valence-electron chi connectivity index (χ2n) is 4.72. The van der Waals surface area contributed by atoms with Crippen molar-refractivity contribution in [2.45, 2.75) is 25.8 Å². The van der Waals surface area contributed by atoms with Crippen molar-refractivity contribution in [1.82, 2.24) is 0 Å². The van der Waals surface area contributed by atoms with Crippen molar-refractivity contribution < 1.29 is 14.6 Å². The zero-order valence-corrected chi connectivity index (χ0v) is 10.8. The Morgan fingerprint density at radius 1 is 1.56 bits per heavy atom. The first-order chi connectivity index (χ1) is 8.63. The van der Waals surface area contributed by atoms with Crippen LogP contribution < -0.4 is 4.90 Å². The van der Waals surface area contributed by atoms with Crippen molar-refractivity contribution in [1.29, 1.82) is 0 Å². The Kier molecular flexibility index (Phi) is 3.87. The Labute approximate surface area is 107 Å². The summed E-state index contributed by atoms with van der Waals surface area (Å²) in [6, 6.07) is 5.77. The Balaban J connectivity index is 2.20. The maximum Gasteiger partial charge on any atom is 0.335 e. The number of nitrogens with zero attached hydrogens (tertiary/aromatic N) is 1. The normalized spacial score (nSPS) is 15.6. The number of anilines is 1. The van der Waals surface area contributed by atoms with E-state index in [-0.39, 0.29) is 0 Å².